The zero-order chi connectivity index (χ0) is 14.1. The highest BCUT2D eigenvalue weighted by atomic mass is 19.4. The van der Waals surface area contributed by atoms with Crippen molar-refractivity contribution in [1.29, 1.82) is 0 Å². The quantitative estimate of drug-likeness (QED) is 0.710. The molecule has 0 spiro atoms. The Morgan fingerprint density at radius 3 is 1.41 bits per heavy atom. The second-order valence-electron chi connectivity index (χ2n) is 3.01. The average molecular weight is 278 g/mol. The molecule has 17 heavy (non-hydrogen) atoms. The number of halogens is 9. The van der Waals surface area contributed by atoms with Crippen molar-refractivity contribution < 1.29 is 44.3 Å². The lowest BCUT2D eigenvalue weighted by atomic mass is 10.1. The molecule has 0 aliphatic carbocycles. The fraction of sp³-hybridized carbons (Fsp3) is 1.00. The van der Waals surface area contributed by atoms with Crippen LogP contribution >= 0.6 is 0 Å². The van der Waals surface area contributed by atoms with Gasteiger partial charge >= 0.3 is 24.1 Å². The Morgan fingerprint density at radius 1 is 0.765 bits per heavy atom. The maximum Gasteiger partial charge on any atom is 0.459 e. The van der Waals surface area contributed by atoms with Crippen LogP contribution in [0.5, 0.6) is 0 Å². The molecular formula is C7H7F9O. The van der Waals surface area contributed by atoms with Crippen molar-refractivity contribution in [2.75, 3.05) is 6.61 Å². The van der Waals surface area contributed by atoms with Gasteiger partial charge in [0.25, 0.3) is 0 Å². The van der Waals surface area contributed by atoms with E-state index in [2.05, 4.69) is 4.74 Å². The van der Waals surface area contributed by atoms with E-state index < -0.39 is 30.7 Å². The molecule has 0 rings (SSSR count). The minimum Gasteiger partial charge on any atom is -0.334 e. The topological polar surface area (TPSA) is 9.23 Å². The van der Waals surface area contributed by atoms with Gasteiger partial charge in [-0.15, -0.1) is 0 Å². The van der Waals surface area contributed by atoms with E-state index in [1.54, 1.807) is 0 Å². The van der Waals surface area contributed by atoms with Crippen molar-refractivity contribution in [3.8, 4) is 0 Å². The molecule has 0 heterocycles. The Bertz CT molecular complexity index is 255. The molecule has 0 N–H and O–H groups in total. The lowest BCUT2D eigenvalue weighted by Crippen LogP contribution is -2.63. The normalized spacial score (nSPS) is 18.0. The highest BCUT2D eigenvalue weighted by Crippen LogP contribution is 2.53. The smallest absolute Gasteiger partial charge is 0.334 e. The van der Waals surface area contributed by atoms with Crippen LogP contribution < -0.4 is 0 Å². The third-order valence-corrected chi connectivity index (χ3v) is 1.63. The summed E-state index contributed by atoms with van der Waals surface area (Å²) in [6.45, 7) is -0.121. The molecule has 1 unspecified atom stereocenters. The largest absolute Gasteiger partial charge is 0.459 e. The van der Waals surface area contributed by atoms with Crippen LogP contribution in [0.25, 0.3) is 0 Å². The van der Waals surface area contributed by atoms with Gasteiger partial charge in [0.1, 0.15) is 0 Å². The van der Waals surface area contributed by atoms with Gasteiger partial charge in [-0.2, -0.15) is 39.5 Å². The maximum atomic E-state index is 12.9. The van der Waals surface area contributed by atoms with Crippen molar-refractivity contribution in [2.45, 2.75) is 37.5 Å². The van der Waals surface area contributed by atoms with Gasteiger partial charge in [-0.25, -0.2) is 0 Å². The van der Waals surface area contributed by atoms with Gasteiger partial charge in [0.05, 0.1) is 6.61 Å². The molecule has 0 aromatic carbocycles. The standard InChI is InChI=1S/C7H7F9O/c1-2-3-17-5(10,7(14,15)16)4(8,9)6(11,12)13/h2-3H2,1H3. The molecule has 0 aromatic rings. The van der Waals surface area contributed by atoms with Crippen LogP contribution in [-0.2, 0) is 4.74 Å². The molecule has 0 aliphatic heterocycles. The number of hydrogen-bond acceptors (Lipinski definition) is 1. The molecule has 104 valence electrons. The molecule has 1 nitrogen and oxygen atoms in total. The van der Waals surface area contributed by atoms with Crippen LogP contribution in [0.1, 0.15) is 13.3 Å². The minimum absolute atomic E-state index is 0.365. The minimum atomic E-state index is -6.72. The fourth-order valence-corrected chi connectivity index (χ4v) is 0.775. The van der Waals surface area contributed by atoms with Crippen LogP contribution in [-0.4, -0.2) is 30.7 Å². The third-order valence-electron chi connectivity index (χ3n) is 1.63. The van der Waals surface area contributed by atoms with Crippen LogP contribution in [0.15, 0.2) is 0 Å². The van der Waals surface area contributed by atoms with Gasteiger partial charge in [-0.3, -0.25) is 0 Å². The Balaban J connectivity index is 5.48. The van der Waals surface area contributed by atoms with Crippen molar-refractivity contribution in [3.63, 3.8) is 0 Å². The van der Waals surface area contributed by atoms with Crippen molar-refractivity contribution >= 4 is 0 Å². The van der Waals surface area contributed by atoms with Crippen LogP contribution in [0.4, 0.5) is 39.5 Å². The number of alkyl halides is 9. The first-order valence-corrected chi connectivity index (χ1v) is 4.15. The van der Waals surface area contributed by atoms with Gasteiger partial charge in [-0.05, 0) is 6.42 Å². The van der Waals surface area contributed by atoms with Crippen LogP contribution in [0.2, 0.25) is 0 Å². The number of ether oxygens (including phenoxy) is 1. The van der Waals surface area contributed by atoms with Crippen LogP contribution in [0.3, 0.4) is 0 Å². The predicted octanol–water partition coefficient (Wildman–Crippen LogP) is 3.84. The first-order chi connectivity index (χ1) is 7.31. The van der Waals surface area contributed by atoms with Gasteiger partial charge in [0.15, 0.2) is 0 Å². The van der Waals surface area contributed by atoms with Crippen molar-refractivity contribution in [1.82, 2.24) is 0 Å². The van der Waals surface area contributed by atoms with E-state index in [1.165, 1.54) is 0 Å². The van der Waals surface area contributed by atoms with E-state index in [0.717, 1.165) is 6.92 Å². The van der Waals surface area contributed by atoms with Gasteiger partial charge < -0.3 is 4.74 Å². The molecule has 0 saturated heterocycles. The Morgan fingerprint density at radius 2 is 1.18 bits per heavy atom. The third kappa shape index (κ3) is 2.78. The zero-order valence-electron chi connectivity index (χ0n) is 8.22. The lowest BCUT2D eigenvalue weighted by Gasteiger charge is -2.35. The van der Waals surface area contributed by atoms with E-state index >= 15 is 0 Å². The molecule has 0 amide bonds. The second kappa shape index (κ2) is 4.54. The highest BCUT2D eigenvalue weighted by Gasteiger charge is 2.82. The highest BCUT2D eigenvalue weighted by molar-refractivity contribution is 4.97. The Kier molecular flexibility index (Phi) is 4.36. The lowest BCUT2D eigenvalue weighted by molar-refractivity contribution is -0.451. The predicted molar refractivity (Wildman–Crippen MR) is 37.1 cm³/mol. The monoisotopic (exact) mass is 278 g/mol. The van der Waals surface area contributed by atoms with E-state index in [9.17, 15) is 39.5 Å². The molecular weight excluding hydrogens is 271 g/mol. The summed E-state index contributed by atoms with van der Waals surface area (Å²) < 4.78 is 112. The number of rotatable bonds is 4. The van der Waals surface area contributed by atoms with E-state index in [-0.39, 0.29) is 6.42 Å². The SMILES string of the molecule is CCCOC(F)(C(F)(F)F)C(F)(F)C(F)(F)F. The molecule has 0 aliphatic rings. The molecule has 1 atom stereocenters. The summed E-state index contributed by atoms with van der Waals surface area (Å²) in [4.78, 5) is 0. The maximum absolute atomic E-state index is 12.9. The van der Waals surface area contributed by atoms with E-state index in [1.807, 2.05) is 0 Å². The second-order valence-corrected chi connectivity index (χ2v) is 3.01. The first-order valence-electron chi connectivity index (χ1n) is 4.15. The summed E-state index contributed by atoms with van der Waals surface area (Å²) in [5.41, 5.74) is 0. The van der Waals surface area contributed by atoms with Gasteiger partial charge in [0, 0.05) is 0 Å². The van der Waals surface area contributed by atoms with E-state index in [4.69, 9.17) is 0 Å². The summed E-state index contributed by atoms with van der Waals surface area (Å²) in [6, 6.07) is 0. The van der Waals surface area contributed by atoms with E-state index in [0.29, 0.717) is 0 Å². The molecule has 0 aromatic heterocycles. The molecule has 0 radical (unpaired) electrons. The summed E-state index contributed by atoms with van der Waals surface area (Å²) in [5.74, 6) is -12.8. The summed E-state index contributed by atoms with van der Waals surface area (Å²) >= 11 is 0. The summed E-state index contributed by atoms with van der Waals surface area (Å²) in [5, 5.41) is 0. The Hall–Kier alpha value is -0.670. The van der Waals surface area contributed by atoms with Gasteiger partial charge in [-0.1, -0.05) is 6.92 Å². The number of hydrogen-bond donors (Lipinski definition) is 0. The molecule has 0 bridgehead atoms. The fourth-order valence-electron chi connectivity index (χ4n) is 0.775. The summed E-state index contributed by atoms with van der Waals surface area (Å²) in [6.07, 6.45) is -13.6. The van der Waals surface area contributed by atoms with Crippen LogP contribution in [0, 0.1) is 0 Å². The van der Waals surface area contributed by atoms with Crippen molar-refractivity contribution in [2.24, 2.45) is 0 Å². The average Bonchev–Trinajstić information content (AvgIpc) is 2.10. The van der Waals surface area contributed by atoms with Gasteiger partial charge in [0.2, 0.25) is 0 Å². The molecule has 0 saturated carbocycles. The summed E-state index contributed by atoms with van der Waals surface area (Å²) in [7, 11) is 0. The first kappa shape index (κ1) is 16.3. The Labute approximate surface area is 89.5 Å². The molecule has 10 heteroatoms. The van der Waals surface area contributed by atoms with Crippen molar-refractivity contribution in [3.05, 3.63) is 0 Å². The zero-order valence-corrected chi connectivity index (χ0v) is 8.22. The molecule has 0 fully saturated rings.